The number of primary amides is 1. The first-order valence-corrected chi connectivity index (χ1v) is 7.45. The number of methoxy groups -OCH3 is 1. The third kappa shape index (κ3) is 3.69. The Hall–Kier alpha value is -1.64. The third-order valence-corrected chi connectivity index (χ3v) is 4.30. The van der Waals surface area contributed by atoms with Crippen molar-refractivity contribution < 1.29 is 23.1 Å². The van der Waals surface area contributed by atoms with Gasteiger partial charge >= 0.3 is 0 Å². The Balaban J connectivity index is 3.19. The van der Waals surface area contributed by atoms with Gasteiger partial charge in [0.05, 0.1) is 24.2 Å². The Kier molecular flexibility index (Phi) is 5.49. The highest BCUT2D eigenvalue weighted by Gasteiger charge is 2.21. The van der Waals surface area contributed by atoms with Gasteiger partial charge in [0.15, 0.2) is 0 Å². The van der Waals surface area contributed by atoms with E-state index in [4.69, 9.17) is 15.6 Å². The minimum absolute atomic E-state index is 0.0209. The van der Waals surface area contributed by atoms with Gasteiger partial charge in [-0.1, -0.05) is 6.92 Å². The van der Waals surface area contributed by atoms with E-state index in [1.807, 2.05) is 0 Å². The van der Waals surface area contributed by atoms with E-state index < -0.39 is 22.0 Å². The minimum Gasteiger partial charge on any atom is -0.496 e. The lowest BCUT2D eigenvalue weighted by Gasteiger charge is -2.15. The molecule has 0 fully saturated rings. The highest BCUT2D eigenvalue weighted by atomic mass is 32.2. The van der Waals surface area contributed by atoms with Gasteiger partial charge in [-0.15, -0.1) is 0 Å². The number of hydrogen-bond donors (Lipinski definition) is 3. The molecule has 0 bridgehead atoms. The molecule has 0 unspecified atom stereocenters. The molecular weight excluding hydrogens is 284 g/mol. The average molecular weight is 302 g/mol. The van der Waals surface area contributed by atoms with E-state index in [-0.39, 0.29) is 22.8 Å². The summed E-state index contributed by atoms with van der Waals surface area (Å²) in [6, 6.07) is 3.22. The number of sulfonamides is 1. The van der Waals surface area contributed by atoms with Crippen molar-refractivity contribution in [2.45, 2.75) is 24.3 Å². The van der Waals surface area contributed by atoms with E-state index in [2.05, 4.69) is 4.72 Å². The smallest absolute Gasteiger partial charge is 0.252 e. The van der Waals surface area contributed by atoms with Crippen LogP contribution in [-0.2, 0) is 10.0 Å². The van der Waals surface area contributed by atoms with Gasteiger partial charge in [0.2, 0.25) is 10.0 Å². The van der Waals surface area contributed by atoms with Gasteiger partial charge in [0.1, 0.15) is 5.75 Å². The Morgan fingerprint density at radius 1 is 1.50 bits per heavy atom. The van der Waals surface area contributed by atoms with E-state index >= 15 is 0 Å². The fourth-order valence-corrected chi connectivity index (χ4v) is 2.92. The highest BCUT2D eigenvalue weighted by molar-refractivity contribution is 7.89. The summed E-state index contributed by atoms with van der Waals surface area (Å²) in [5.74, 6) is -0.584. The van der Waals surface area contributed by atoms with Gasteiger partial charge in [-0.05, 0) is 24.6 Å². The number of hydrogen-bond acceptors (Lipinski definition) is 5. The zero-order chi connectivity index (χ0) is 15.3. The quantitative estimate of drug-likeness (QED) is 0.647. The molecule has 1 aromatic carbocycles. The summed E-state index contributed by atoms with van der Waals surface area (Å²) in [7, 11) is -2.48. The fraction of sp³-hybridized carbons (Fsp3) is 0.417. The SMILES string of the molecule is CC[C@@H](CO)NS(=O)(=O)c1ccc(OC)c(C(N)=O)c1. The summed E-state index contributed by atoms with van der Waals surface area (Å²) in [5.41, 5.74) is 5.16. The topological polar surface area (TPSA) is 119 Å². The first kappa shape index (κ1) is 16.4. The van der Waals surface area contributed by atoms with Crippen LogP contribution in [0, 0.1) is 0 Å². The molecule has 0 aromatic heterocycles. The van der Waals surface area contributed by atoms with Gasteiger partial charge in [0, 0.05) is 6.04 Å². The lowest BCUT2D eigenvalue weighted by molar-refractivity contribution is 0.0997. The summed E-state index contributed by atoms with van der Waals surface area (Å²) in [5, 5.41) is 9.04. The third-order valence-electron chi connectivity index (χ3n) is 2.78. The maximum Gasteiger partial charge on any atom is 0.252 e. The Labute approximate surface area is 117 Å². The molecule has 7 nitrogen and oxygen atoms in total. The molecule has 0 heterocycles. The zero-order valence-corrected chi connectivity index (χ0v) is 12.1. The van der Waals surface area contributed by atoms with Crippen molar-refractivity contribution in [3.05, 3.63) is 23.8 Å². The fourth-order valence-electron chi connectivity index (χ4n) is 1.58. The first-order valence-electron chi connectivity index (χ1n) is 5.96. The standard InChI is InChI=1S/C12H18N2O5S/c1-3-8(7-15)14-20(17,18)9-4-5-11(19-2)10(6-9)12(13)16/h4-6,8,14-15H,3,7H2,1-2H3,(H2,13,16)/t8-/m0/s1. The summed E-state index contributed by atoms with van der Waals surface area (Å²) < 4.78 is 31.5. The predicted octanol–water partition coefficient (Wildman–Crippen LogP) is -0.157. The first-order chi connectivity index (χ1) is 9.35. The Morgan fingerprint density at radius 3 is 2.60 bits per heavy atom. The second-order valence-electron chi connectivity index (χ2n) is 4.14. The Bertz CT molecular complexity index is 582. The molecule has 20 heavy (non-hydrogen) atoms. The molecule has 1 amide bonds. The van der Waals surface area contributed by atoms with Crippen LogP contribution >= 0.6 is 0 Å². The number of carbonyl (C=O) groups excluding carboxylic acids is 1. The van der Waals surface area contributed by atoms with Crippen LogP contribution in [0.3, 0.4) is 0 Å². The van der Waals surface area contributed by atoms with Gasteiger partial charge < -0.3 is 15.6 Å². The molecule has 112 valence electrons. The number of nitrogens with two attached hydrogens (primary N) is 1. The number of rotatable bonds is 7. The van der Waals surface area contributed by atoms with Crippen LogP contribution in [0.5, 0.6) is 5.75 Å². The van der Waals surface area contributed by atoms with Crippen LogP contribution < -0.4 is 15.2 Å². The largest absolute Gasteiger partial charge is 0.496 e. The zero-order valence-electron chi connectivity index (χ0n) is 11.3. The highest BCUT2D eigenvalue weighted by Crippen LogP contribution is 2.22. The molecule has 1 atom stereocenters. The normalized spacial score (nSPS) is 12.9. The van der Waals surface area contributed by atoms with E-state index in [1.54, 1.807) is 6.92 Å². The van der Waals surface area contributed by atoms with Crippen molar-refractivity contribution in [1.82, 2.24) is 4.72 Å². The average Bonchev–Trinajstić information content (AvgIpc) is 2.43. The van der Waals surface area contributed by atoms with Crippen molar-refractivity contribution in [3.8, 4) is 5.75 Å². The molecule has 8 heteroatoms. The van der Waals surface area contributed by atoms with Crippen molar-refractivity contribution in [2.75, 3.05) is 13.7 Å². The maximum atomic E-state index is 12.1. The summed E-state index contributed by atoms with van der Waals surface area (Å²) in [6.07, 6.45) is 0.439. The molecule has 1 aromatic rings. The molecule has 0 saturated carbocycles. The number of amides is 1. The second-order valence-corrected chi connectivity index (χ2v) is 5.85. The summed E-state index contributed by atoms with van der Waals surface area (Å²) in [6.45, 7) is 1.43. The Morgan fingerprint density at radius 2 is 2.15 bits per heavy atom. The van der Waals surface area contributed by atoms with E-state index in [0.717, 1.165) is 6.07 Å². The van der Waals surface area contributed by atoms with E-state index in [1.165, 1.54) is 19.2 Å². The number of aliphatic hydroxyl groups excluding tert-OH is 1. The number of carbonyl (C=O) groups is 1. The van der Waals surface area contributed by atoms with E-state index in [9.17, 15) is 13.2 Å². The van der Waals surface area contributed by atoms with Crippen LogP contribution in [0.1, 0.15) is 23.7 Å². The number of ether oxygens (including phenoxy) is 1. The molecule has 0 radical (unpaired) electrons. The molecule has 0 aliphatic heterocycles. The van der Waals surface area contributed by atoms with Crippen LogP contribution in [0.25, 0.3) is 0 Å². The van der Waals surface area contributed by atoms with Crippen LogP contribution in [-0.4, -0.2) is 39.2 Å². The van der Waals surface area contributed by atoms with Crippen LogP contribution in [0.2, 0.25) is 0 Å². The summed E-state index contributed by atoms with van der Waals surface area (Å²) in [4.78, 5) is 11.2. The second kappa shape index (κ2) is 6.69. The molecule has 0 saturated heterocycles. The lowest BCUT2D eigenvalue weighted by Crippen LogP contribution is -2.37. The molecule has 0 spiro atoms. The van der Waals surface area contributed by atoms with Crippen molar-refractivity contribution >= 4 is 15.9 Å². The molecule has 4 N–H and O–H groups in total. The van der Waals surface area contributed by atoms with Gasteiger partial charge in [0.25, 0.3) is 5.91 Å². The van der Waals surface area contributed by atoms with Crippen LogP contribution in [0.15, 0.2) is 23.1 Å². The number of nitrogens with one attached hydrogen (secondary N) is 1. The van der Waals surface area contributed by atoms with Crippen molar-refractivity contribution in [2.24, 2.45) is 5.73 Å². The van der Waals surface area contributed by atoms with Crippen molar-refractivity contribution in [1.29, 1.82) is 0 Å². The predicted molar refractivity (Wildman–Crippen MR) is 73.0 cm³/mol. The maximum absolute atomic E-state index is 12.1. The monoisotopic (exact) mass is 302 g/mol. The van der Waals surface area contributed by atoms with Gasteiger partial charge in [-0.3, -0.25) is 4.79 Å². The molecule has 0 aliphatic rings. The lowest BCUT2D eigenvalue weighted by atomic mass is 10.2. The molecular formula is C12H18N2O5S. The summed E-state index contributed by atoms with van der Waals surface area (Å²) >= 11 is 0. The van der Waals surface area contributed by atoms with Gasteiger partial charge in [-0.25, -0.2) is 13.1 Å². The number of benzene rings is 1. The minimum atomic E-state index is -3.84. The van der Waals surface area contributed by atoms with Crippen molar-refractivity contribution in [3.63, 3.8) is 0 Å². The number of aliphatic hydroxyl groups is 1. The van der Waals surface area contributed by atoms with Crippen LogP contribution in [0.4, 0.5) is 0 Å². The van der Waals surface area contributed by atoms with E-state index in [0.29, 0.717) is 6.42 Å². The molecule has 1 rings (SSSR count). The van der Waals surface area contributed by atoms with Gasteiger partial charge in [-0.2, -0.15) is 0 Å². The molecule has 0 aliphatic carbocycles.